The minimum Gasteiger partial charge on any atom is -0.478 e. The lowest BCUT2D eigenvalue weighted by Crippen LogP contribution is -2.16. The van der Waals surface area contributed by atoms with Crippen molar-refractivity contribution in [3.63, 3.8) is 0 Å². The maximum absolute atomic E-state index is 12.4. The summed E-state index contributed by atoms with van der Waals surface area (Å²) >= 11 is 0. The monoisotopic (exact) mass is 319 g/mol. The van der Waals surface area contributed by atoms with Crippen LogP contribution < -0.4 is 4.72 Å². The van der Waals surface area contributed by atoms with Gasteiger partial charge in [0.2, 0.25) is 0 Å². The van der Waals surface area contributed by atoms with E-state index in [2.05, 4.69) is 4.72 Å². The van der Waals surface area contributed by atoms with E-state index < -0.39 is 16.0 Å². The molecule has 22 heavy (non-hydrogen) atoms. The van der Waals surface area contributed by atoms with E-state index in [0.29, 0.717) is 6.42 Å². The summed E-state index contributed by atoms with van der Waals surface area (Å²) in [6.07, 6.45) is 0.672. The van der Waals surface area contributed by atoms with Crippen molar-refractivity contribution < 1.29 is 18.3 Å². The van der Waals surface area contributed by atoms with Gasteiger partial charge >= 0.3 is 5.97 Å². The number of aromatic carboxylic acids is 1. The van der Waals surface area contributed by atoms with Gasteiger partial charge in [-0.2, -0.15) is 0 Å². The standard InChI is InChI=1S/C16H17NO4S/c1-3-12-7-8-15(14(10-12)16(18)19)17-22(20,21)13-6-4-5-11(2)9-13/h4-10,17H,3H2,1-2H3,(H,18,19). The molecule has 0 heterocycles. The molecular formula is C16H17NO4S. The van der Waals surface area contributed by atoms with Crippen molar-refractivity contribution >= 4 is 21.7 Å². The number of anilines is 1. The third-order valence-electron chi connectivity index (χ3n) is 3.27. The van der Waals surface area contributed by atoms with Crippen molar-refractivity contribution in [1.82, 2.24) is 0 Å². The Morgan fingerprint density at radius 1 is 1.18 bits per heavy atom. The largest absolute Gasteiger partial charge is 0.478 e. The Bertz CT molecular complexity index is 813. The zero-order valence-electron chi connectivity index (χ0n) is 12.3. The summed E-state index contributed by atoms with van der Waals surface area (Å²) in [4.78, 5) is 11.4. The number of aryl methyl sites for hydroxylation is 2. The Hall–Kier alpha value is -2.34. The zero-order chi connectivity index (χ0) is 16.3. The van der Waals surface area contributed by atoms with Crippen molar-refractivity contribution in [2.24, 2.45) is 0 Å². The topological polar surface area (TPSA) is 83.5 Å². The highest BCUT2D eigenvalue weighted by Gasteiger charge is 2.18. The molecule has 6 heteroatoms. The number of nitrogens with one attached hydrogen (secondary N) is 1. The van der Waals surface area contributed by atoms with Gasteiger partial charge in [0, 0.05) is 0 Å². The first kappa shape index (κ1) is 16.0. The molecule has 0 spiro atoms. The molecule has 0 saturated carbocycles. The van der Waals surface area contributed by atoms with Crippen LogP contribution in [0.25, 0.3) is 0 Å². The first-order valence-corrected chi connectivity index (χ1v) is 8.27. The molecule has 0 aliphatic rings. The van der Waals surface area contributed by atoms with Gasteiger partial charge in [-0.05, 0) is 48.7 Å². The van der Waals surface area contributed by atoms with Gasteiger partial charge in [0.1, 0.15) is 0 Å². The molecule has 116 valence electrons. The summed E-state index contributed by atoms with van der Waals surface area (Å²) in [6.45, 7) is 3.69. The van der Waals surface area contributed by atoms with Crippen LogP contribution in [0.1, 0.15) is 28.4 Å². The second-order valence-electron chi connectivity index (χ2n) is 4.96. The average Bonchev–Trinajstić information content (AvgIpc) is 2.47. The Labute approximate surface area is 129 Å². The van der Waals surface area contributed by atoms with Crippen LogP contribution in [0.5, 0.6) is 0 Å². The molecule has 0 aromatic heterocycles. The summed E-state index contributed by atoms with van der Waals surface area (Å²) in [5.41, 5.74) is 1.64. The van der Waals surface area contributed by atoms with Crippen LogP contribution in [-0.4, -0.2) is 19.5 Å². The number of rotatable bonds is 5. The van der Waals surface area contributed by atoms with E-state index in [1.807, 2.05) is 6.92 Å². The third kappa shape index (κ3) is 3.46. The molecule has 0 bridgehead atoms. The minimum atomic E-state index is -3.82. The van der Waals surface area contributed by atoms with Crippen molar-refractivity contribution in [3.05, 3.63) is 59.2 Å². The maximum Gasteiger partial charge on any atom is 0.337 e. The van der Waals surface area contributed by atoms with Gasteiger partial charge in [0.05, 0.1) is 16.1 Å². The number of sulfonamides is 1. The summed E-state index contributed by atoms with van der Waals surface area (Å²) < 4.78 is 27.1. The van der Waals surface area contributed by atoms with Gasteiger partial charge in [-0.1, -0.05) is 25.1 Å². The Kier molecular flexibility index (Phi) is 4.51. The summed E-state index contributed by atoms with van der Waals surface area (Å²) in [6, 6.07) is 11.1. The second-order valence-corrected chi connectivity index (χ2v) is 6.64. The second kappa shape index (κ2) is 6.19. The molecule has 0 aliphatic carbocycles. The highest BCUT2D eigenvalue weighted by Crippen LogP contribution is 2.22. The van der Waals surface area contributed by atoms with Crippen molar-refractivity contribution in [2.45, 2.75) is 25.2 Å². The lowest BCUT2D eigenvalue weighted by molar-refractivity contribution is 0.0698. The smallest absolute Gasteiger partial charge is 0.337 e. The Morgan fingerprint density at radius 3 is 2.50 bits per heavy atom. The number of benzene rings is 2. The predicted octanol–water partition coefficient (Wildman–Crippen LogP) is 3.06. The van der Waals surface area contributed by atoms with Gasteiger partial charge in [0.25, 0.3) is 10.0 Å². The molecule has 0 aliphatic heterocycles. The van der Waals surface area contributed by atoms with E-state index in [1.165, 1.54) is 24.3 Å². The first-order chi connectivity index (χ1) is 10.3. The fourth-order valence-electron chi connectivity index (χ4n) is 2.06. The van der Waals surface area contributed by atoms with Gasteiger partial charge < -0.3 is 5.11 Å². The molecule has 2 N–H and O–H groups in total. The lowest BCUT2D eigenvalue weighted by Gasteiger charge is -2.12. The van der Waals surface area contributed by atoms with Crippen molar-refractivity contribution in [3.8, 4) is 0 Å². The maximum atomic E-state index is 12.4. The molecule has 0 amide bonds. The number of carboxylic acid groups (broad SMARTS) is 1. The molecule has 0 atom stereocenters. The van der Waals surface area contributed by atoms with Crippen LogP contribution in [0.2, 0.25) is 0 Å². The zero-order valence-corrected chi connectivity index (χ0v) is 13.1. The summed E-state index contributed by atoms with van der Waals surface area (Å²) in [5.74, 6) is -1.17. The van der Waals surface area contributed by atoms with Crippen LogP contribution >= 0.6 is 0 Å². The molecule has 0 fully saturated rings. The summed E-state index contributed by atoms with van der Waals surface area (Å²) in [5, 5.41) is 9.26. The quantitative estimate of drug-likeness (QED) is 0.887. The van der Waals surface area contributed by atoms with Crippen LogP contribution in [0.15, 0.2) is 47.4 Å². The van der Waals surface area contributed by atoms with Crippen molar-refractivity contribution in [1.29, 1.82) is 0 Å². The van der Waals surface area contributed by atoms with E-state index in [-0.39, 0.29) is 16.1 Å². The van der Waals surface area contributed by atoms with Gasteiger partial charge in [-0.15, -0.1) is 0 Å². The Balaban J connectivity index is 2.44. The van der Waals surface area contributed by atoms with Crippen LogP contribution in [0, 0.1) is 6.92 Å². The van der Waals surface area contributed by atoms with E-state index in [1.54, 1.807) is 25.1 Å². The third-order valence-corrected chi connectivity index (χ3v) is 4.63. The van der Waals surface area contributed by atoms with E-state index in [4.69, 9.17) is 0 Å². The molecular weight excluding hydrogens is 302 g/mol. The summed E-state index contributed by atoms with van der Waals surface area (Å²) in [7, 11) is -3.82. The predicted molar refractivity (Wildman–Crippen MR) is 84.8 cm³/mol. The highest BCUT2D eigenvalue weighted by molar-refractivity contribution is 7.92. The van der Waals surface area contributed by atoms with Gasteiger partial charge in [-0.3, -0.25) is 4.72 Å². The van der Waals surface area contributed by atoms with E-state index in [0.717, 1.165) is 11.1 Å². The molecule has 2 rings (SSSR count). The van der Waals surface area contributed by atoms with Gasteiger partial charge in [0.15, 0.2) is 0 Å². The number of hydrogen-bond acceptors (Lipinski definition) is 3. The Morgan fingerprint density at radius 2 is 1.91 bits per heavy atom. The minimum absolute atomic E-state index is 0.0596. The van der Waals surface area contributed by atoms with E-state index >= 15 is 0 Å². The molecule has 5 nitrogen and oxygen atoms in total. The molecule has 0 radical (unpaired) electrons. The molecule has 2 aromatic rings. The van der Waals surface area contributed by atoms with E-state index in [9.17, 15) is 18.3 Å². The number of carboxylic acids is 1. The van der Waals surface area contributed by atoms with Crippen LogP contribution in [-0.2, 0) is 16.4 Å². The van der Waals surface area contributed by atoms with Crippen molar-refractivity contribution in [2.75, 3.05) is 4.72 Å². The average molecular weight is 319 g/mol. The fourth-order valence-corrected chi connectivity index (χ4v) is 3.25. The first-order valence-electron chi connectivity index (χ1n) is 6.79. The van der Waals surface area contributed by atoms with Crippen LogP contribution in [0.4, 0.5) is 5.69 Å². The fraction of sp³-hybridized carbons (Fsp3) is 0.188. The lowest BCUT2D eigenvalue weighted by atomic mass is 10.1. The number of carbonyl (C=O) groups is 1. The number of hydrogen-bond donors (Lipinski definition) is 2. The highest BCUT2D eigenvalue weighted by atomic mass is 32.2. The van der Waals surface area contributed by atoms with Crippen LogP contribution in [0.3, 0.4) is 0 Å². The molecule has 2 aromatic carbocycles. The van der Waals surface area contributed by atoms with Gasteiger partial charge in [-0.25, -0.2) is 13.2 Å². The molecule has 0 saturated heterocycles. The SMILES string of the molecule is CCc1ccc(NS(=O)(=O)c2cccc(C)c2)c(C(=O)O)c1. The normalized spacial score (nSPS) is 11.2. The molecule has 0 unspecified atom stereocenters.